The second-order valence-corrected chi connectivity index (χ2v) is 6.21. The van der Waals surface area contributed by atoms with Gasteiger partial charge in [0.25, 0.3) is 0 Å². The van der Waals surface area contributed by atoms with Crippen molar-refractivity contribution in [3.8, 4) is 0 Å². The molecule has 1 aromatic carbocycles. The summed E-state index contributed by atoms with van der Waals surface area (Å²) in [5.74, 6) is 0. The fourth-order valence-electron chi connectivity index (χ4n) is 3.68. The van der Waals surface area contributed by atoms with Crippen LogP contribution in [0, 0.1) is 20.8 Å². The Balaban J connectivity index is 1.70. The van der Waals surface area contributed by atoms with Crippen molar-refractivity contribution in [1.29, 1.82) is 0 Å². The normalized spacial score (nSPS) is 37.9. The highest BCUT2D eigenvalue weighted by Crippen LogP contribution is 2.35. The molecule has 21 heavy (non-hydrogen) atoms. The van der Waals surface area contributed by atoms with E-state index in [0.29, 0.717) is 6.61 Å². The fraction of sp³-hybridized carbons (Fsp3) is 0.600. The van der Waals surface area contributed by atoms with Crippen LogP contribution in [0.1, 0.15) is 16.7 Å². The highest BCUT2D eigenvalue weighted by atomic mass is 16.8. The summed E-state index contributed by atoms with van der Waals surface area (Å²) in [6, 6.07) is 4.24. The molecule has 4 bridgehead atoms. The van der Waals surface area contributed by atoms with Crippen LogP contribution in [0.4, 0.5) is 0 Å². The van der Waals surface area contributed by atoms with Crippen molar-refractivity contribution in [3.63, 3.8) is 0 Å². The number of ether oxygens (including phenoxy) is 2. The number of hydrogen-bond acceptors (Lipinski definition) is 5. The molecule has 3 fully saturated rings. The van der Waals surface area contributed by atoms with E-state index in [1.165, 1.54) is 5.56 Å². The van der Waals surface area contributed by atoms with Crippen LogP contribution >= 0.6 is 0 Å². The number of hydrogen-bond donors (Lipinski definition) is 1. The molecule has 0 aromatic heterocycles. The van der Waals surface area contributed by atoms with E-state index in [4.69, 9.17) is 18.8 Å². The molecule has 0 spiro atoms. The Morgan fingerprint density at radius 1 is 1.10 bits per heavy atom. The Hall–Kier alpha value is -0.915. The Bertz CT molecular complexity index is 534. The highest BCUT2D eigenvalue weighted by molar-refractivity contribution is 6.62. The summed E-state index contributed by atoms with van der Waals surface area (Å²) in [5.41, 5.74) is 4.54. The lowest BCUT2D eigenvalue weighted by molar-refractivity contribution is -0.243. The molecular formula is C15H19BO5. The molecule has 3 heterocycles. The topological polar surface area (TPSA) is 57.2 Å². The zero-order valence-corrected chi connectivity index (χ0v) is 12.4. The van der Waals surface area contributed by atoms with E-state index < -0.39 is 31.7 Å². The number of benzene rings is 1. The minimum Gasteiger partial charge on any atom is -0.399 e. The molecule has 0 radical (unpaired) electrons. The molecule has 0 amide bonds. The molecule has 1 N–H and O–H groups in total. The average Bonchev–Trinajstić information content (AvgIpc) is 2.84. The van der Waals surface area contributed by atoms with Gasteiger partial charge in [-0.2, -0.15) is 0 Å². The maximum absolute atomic E-state index is 10.3. The van der Waals surface area contributed by atoms with Crippen molar-refractivity contribution in [3.05, 3.63) is 28.8 Å². The van der Waals surface area contributed by atoms with Gasteiger partial charge in [-0.15, -0.1) is 0 Å². The van der Waals surface area contributed by atoms with E-state index in [1.54, 1.807) is 0 Å². The van der Waals surface area contributed by atoms with Gasteiger partial charge in [0.1, 0.15) is 24.4 Å². The van der Waals surface area contributed by atoms with Gasteiger partial charge in [-0.3, -0.25) is 0 Å². The van der Waals surface area contributed by atoms with Crippen molar-refractivity contribution in [2.24, 2.45) is 0 Å². The summed E-state index contributed by atoms with van der Waals surface area (Å²) in [6.45, 7) is 6.65. The third-order valence-corrected chi connectivity index (χ3v) is 4.58. The van der Waals surface area contributed by atoms with Crippen molar-refractivity contribution >= 4 is 12.6 Å². The Morgan fingerprint density at radius 3 is 2.48 bits per heavy atom. The van der Waals surface area contributed by atoms with Gasteiger partial charge < -0.3 is 23.9 Å². The Labute approximate surface area is 124 Å². The predicted octanol–water partition coefficient (Wildman–Crippen LogP) is 0.207. The van der Waals surface area contributed by atoms with Crippen LogP contribution in [0.2, 0.25) is 0 Å². The third kappa shape index (κ3) is 2.05. The van der Waals surface area contributed by atoms with Crippen LogP contribution in [0.15, 0.2) is 12.1 Å². The minimum atomic E-state index is -0.696. The smallest absolute Gasteiger partial charge is 0.399 e. The number of aliphatic hydroxyl groups is 1. The van der Waals surface area contributed by atoms with E-state index in [0.717, 1.165) is 16.6 Å². The highest BCUT2D eigenvalue weighted by Gasteiger charge is 2.57. The molecular weight excluding hydrogens is 271 g/mol. The summed E-state index contributed by atoms with van der Waals surface area (Å²) >= 11 is 0. The van der Waals surface area contributed by atoms with Crippen molar-refractivity contribution < 1.29 is 23.9 Å². The van der Waals surface area contributed by atoms with Gasteiger partial charge in [-0.1, -0.05) is 28.8 Å². The lowest BCUT2D eigenvalue weighted by Crippen LogP contribution is -2.65. The van der Waals surface area contributed by atoms with Crippen molar-refractivity contribution in [2.45, 2.75) is 51.5 Å². The maximum atomic E-state index is 10.3. The maximum Gasteiger partial charge on any atom is 0.495 e. The van der Waals surface area contributed by atoms with Gasteiger partial charge in [0, 0.05) is 0 Å². The lowest BCUT2D eigenvalue weighted by atomic mass is 9.70. The van der Waals surface area contributed by atoms with Crippen LogP contribution < -0.4 is 5.46 Å². The minimum absolute atomic E-state index is 0.210. The molecule has 3 aliphatic rings. The van der Waals surface area contributed by atoms with E-state index in [-0.39, 0.29) is 6.10 Å². The number of fused-ring (bicyclic) bond motifs is 6. The monoisotopic (exact) mass is 290 g/mol. The van der Waals surface area contributed by atoms with Crippen LogP contribution in [0.5, 0.6) is 0 Å². The molecule has 112 valence electrons. The molecule has 5 nitrogen and oxygen atoms in total. The Kier molecular flexibility index (Phi) is 3.13. The Morgan fingerprint density at radius 2 is 1.76 bits per heavy atom. The van der Waals surface area contributed by atoms with E-state index in [2.05, 4.69) is 32.9 Å². The van der Waals surface area contributed by atoms with Crippen LogP contribution in [-0.4, -0.2) is 49.5 Å². The molecule has 0 saturated carbocycles. The van der Waals surface area contributed by atoms with E-state index in [9.17, 15) is 5.11 Å². The summed E-state index contributed by atoms with van der Waals surface area (Å²) in [5, 5.41) is 10.3. The number of aliphatic hydroxyl groups excluding tert-OH is 1. The van der Waals surface area contributed by atoms with Gasteiger partial charge in [-0.05, 0) is 26.2 Å². The second-order valence-electron chi connectivity index (χ2n) is 6.21. The molecule has 6 heteroatoms. The first-order valence-corrected chi connectivity index (χ1v) is 7.38. The summed E-state index contributed by atoms with van der Waals surface area (Å²) < 4.78 is 23.2. The second kappa shape index (κ2) is 4.79. The van der Waals surface area contributed by atoms with Gasteiger partial charge in [0.15, 0.2) is 6.29 Å². The molecule has 3 saturated heterocycles. The lowest BCUT2D eigenvalue weighted by Gasteiger charge is -2.44. The van der Waals surface area contributed by atoms with Gasteiger partial charge in [0.2, 0.25) is 0 Å². The van der Waals surface area contributed by atoms with Gasteiger partial charge in [-0.25, -0.2) is 0 Å². The fourth-order valence-corrected chi connectivity index (χ4v) is 3.68. The van der Waals surface area contributed by atoms with Crippen LogP contribution in [0.3, 0.4) is 0 Å². The first-order valence-electron chi connectivity index (χ1n) is 7.38. The first-order chi connectivity index (χ1) is 10.0. The first kappa shape index (κ1) is 13.7. The van der Waals surface area contributed by atoms with Crippen molar-refractivity contribution in [2.75, 3.05) is 6.61 Å². The standard InChI is InChI=1S/C15H19BO5/c1-7-4-8(2)11(9(3)5-7)16-20-13-10-6-18-15(19-10)14(21-16)12(13)17/h4-5,10,12-15,17H,6H2,1-3H3/t10-,12+,13?,14?,15?/m1/s1. The number of aryl methyl sites for hydroxylation is 3. The van der Waals surface area contributed by atoms with Crippen molar-refractivity contribution in [1.82, 2.24) is 0 Å². The summed E-state index contributed by atoms with van der Waals surface area (Å²) in [4.78, 5) is 0. The summed E-state index contributed by atoms with van der Waals surface area (Å²) in [7, 11) is -0.473. The average molecular weight is 290 g/mol. The quantitative estimate of drug-likeness (QED) is 0.749. The molecule has 1 aromatic rings. The van der Waals surface area contributed by atoms with E-state index in [1.807, 2.05) is 0 Å². The zero-order valence-electron chi connectivity index (χ0n) is 12.4. The van der Waals surface area contributed by atoms with E-state index >= 15 is 0 Å². The third-order valence-electron chi connectivity index (χ3n) is 4.58. The molecule has 5 atom stereocenters. The molecule has 4 rings (SSSR count). The predicted molar refractivity (Wildman–Crippen MR) is 76.4 cm³/mol. The van der Waals surface area contributed by atoms with Gasteiger partial charge >= 0.3 is 7.12 Å². The molecule has 3 aliphatic heterocycles. The largest absolute Gasteiger partial charge is 0.495 e. The van der Waals surface area contributed by atoms with Crippen LogP contribution in [-0.2, 0) is 18.8 Å². The van der Waals surface area contributed by atoms with Crippen LogP contribution in [0.25, 0.3) is 0 Å². The molecule has 0 aliphatic carbocycles. The molecule has 3 unspecified atom stereocenters. The van der Waals surface area contributed by atoms with Gasteiger partial charge in [0.05, 0.1) is 6.61 Å². The SMILES string of the molecule is Cc1cc(C)c(B2OC3C4OC[C@@H](O4)C(O2)[C@@H]3O)c(C)c1. The summed E-state index contributed by atoms with van der Waals surface area (Å²) in [6.07, 6.45) is -2.28. The zero-order chi connectivity index (χ0) is 14.7. The number of rotatable bonds is 1.